The molecule has 5 nitrogen and oxygen atoms in total. The Balaban J connectivity index is 2.08. The number of carboxylic acid groups (broad SMARTS) is 1. The number of carbonyl (C=O) groups excluding carboxylic acids is 1. The highest BCUT2D eigenvalue weighted by Gasteiger charge is 2.54. The van der Waals surface area contributed by atoms with E-state index >= 15 is 0 Å². The molecule has 108 valence electrons. The summed E-state index contributed by atoms with van der Waals surface area (Å²) in [4.78, 5) is 25.6. The number of aliphatic carboxylic acids is 1. The van der Waals surface area contributed by atoms with E-state index in [1.807, 2.05) is 0 Å². The number of amides is 1. The normalized spacial score (nSPS) is 33.0. The number of rotatable bonds is 4. The zero-order chi connectivity index (χ0) is 14.3. The van der Waals surface area contributed by atoms with Gasteiger partial charge < -0.3 is 14.7 Å². The lowest BCUT2D eigenvalue weighted by Gasteiger charge is -2.39. The Labute approximate surface area is 113 Å². The minimum Gasteiger partial charge on any atom is -0.481 e. The summed E-state index contributed by atoms with van der Waals surface area (Å²) in [6, 6.07) is 0. The summed E-state index contributed by atoms with van der Waals surface area (Å²) in [6.07, 6.45) is 2.22. The van der Waals surface area contributed by atoms with Crippen molar-refractivity contribution >= 4 is 11.9 Å². The number of likely N-dealkylation sites (tertiary alicyclic amines) is 1. The first-order valence-corrected chi connectivity index (χ1v) is 6.83. The third kappa shape index (κ3) is 2.61. The summed E-state index contributed by atoms with van der Waals surface area (Å²) in [5.74, 6) is -0.673. The van der Waals surface area contributed by atoms with E-state index in [1.54, 1.807) is 4.90 Å². The largest absolute Gasteiger partial charge is 0.481 e. The van der Waals surface area contributed by atoms with Gasteiger partial charge in [0.2, 0.25) is 5.91 Å². The highest BCUT2D eigenvalue weighted by Crippen LogP contribution is 2.53. The van der Waals surface area contributed by atoms with Crippen LogP contribution in [0.25, 0.3) is 0 Å². The van der Waals surface area contributed by atoms with E-state index in [2.05, 4.69) is 13.8 Å². The fourth-order valence-electron chi connectivity index (χ4n) is 3.06. The first-order chi connectivity index (χ1) is 8.82. The fourth-order valence-corrected chi connectivity index (χ4v) is 3.06. The molecule has 5 heteroatoms. The van der Waals surface area contributed by atoms with E-state index in [9.17, 15) is 14.7 Å². The Kier molecular flexibility index (Phi) is 3.60. The number of hydrogen-bond acceptors (Lipinski definition) is 3. The second kappa shape index (κ2) is 4.78. The average molecular weight is 269 g/mol. The molecule has 0 aromatic rings. The summed E-state index contributed by atoms with van der Waals surface area (Å²) >= 11 is 0. The summed E-state index contributed by atoms with van der Waals surface area (Å²) < 4.78 is 5.07. The van der Waals surface area contributed by atoms with Gasteiger partial charge in [-0.1, -0.05) is 13.8 Å². The van der Waals surface area contributed by atoms with Gasteiger partial charge >= 0.3 is 5.97 Å². The van der Waals surface area contributed by atoms with Crippen molar-refractivity contribution in [3.63, 3.8) is 0 Å². The van der Waals surface area contributed by atoms with Gasteiger partial charge in [0, 0.05) is 26.1 Å². The van der Waals surface area contributed by atoms with Gasteiger partial charge in [-0.05, 0) is 24.7 Å². The van der Waals surface area contributed by atoms with Crippen molar-refractivity contribution in [1.82, 2.24) is 4.90 Å². The van der Waals surface area contributed by atoms with Crippen molar-refractivity contribution < 1.29 is 19.4 Å². The average Bonchev–Trinajstić information content (AvgIpc) is 2.98. The molecule has 1 saturated heterocycles. The van der Waals surface area contributed by atoms with Crippen molar-refractivity contribution in [2.75, 3.05) is 26.8 Å². The number of carboxylic acids is 1. The Bertz CT molecular complexity index is 389. The predicted octanol–water partition coefficient (Wildman–Crippen LogP) is 1.37. The standard InChI is InChI=1S/C14H23NO4/c1-13(2)7-10(13)11(16)15-6-4-5-14(8-15,9-19-3)12(17)18/h10H,4-9H2,1-3H3,(H,17,18)/t10-,14?/m1/s1. The molecule has 1 saturated carbocycles. The molecular weight excluding hydrogens is 246 g/mol. The van der Waals surface area contributed by atoms with Crippen molar-refractivity contribution in [3.05, 3.63) is 0 Å². The number of ether oxygens (including phenoxy) is 1. The molecule has 1 unspecified atom stereocenters. The fraction of sp³-hybridized carbons (Fsp3) is 0.857. The quantitative estimate of drug-likeness (QED) is 0.837. The topological polar surface area (TPSA) is 66.8 Å². The van der Waals surface area contributed by atoms with Crippen LogP contribution in [0.3, 0.4) is 0 Å². The molecule has 2 rings (SSSR count). The molecule has 2 atom stereocenters. The van der Waals surface area contributed by atoms with Gasteiger partial charge in [0.1, 0.15) is 5.41 Å². The number of methoxy groups -OCH3 is 1. The van der Waals surface area contributed by atoms with Gasteiger partial charge in [0.15, 0.2) is 0 Å². The van der Waals surface area contributed by atoms with Crippen LogP contribution in [0, 0.1) is 16.7 Å². The van der Waals surface area contributed by atoms with Crippen molar-refractivity contribution in [2.45, 2.75) is 33.1 Å². The van der Waals surface area contributed by atoms with E-state index in [-0.39, 0.29) is 30.4 Å². The number of nitrogens with zero attached hydrogens (tertiary/aromatic N) is 1. The molecule has 0 radical (unpaired) electrons. The molecule has 0 aromatic carbocycles. The van der Waals surface area contributed by atoms with Crippen LogP contribution in [0.4, 0.5) is 0 Å². The van der Waals surface area contributed by atoms with Crippen LogP contribution in [0.1, 0.15) is 33.1 Å². The van der Waals surface area contributed by atoms with Crippen LogP contribution < -0.4 is 0 Å². The third-order valence-electron chi connectivity index (χ3n) is 4.57. The summed E-state index contributed by atoms with van der Waals surface area (Å²) in [5, 5.41) is 9.46. The van der Waals surface area contributed by atoms with Gasteiger partial charge in [-0.3, -0.25) is 9.59 Å². The molecule has 0 aromatic heterocycles. The molecule has 2 aliphatic rings. The highest BCUT2D eigenvalue weighted by atomic mass is 16.5. The molecule has 1 aliphatic heterocycles. The Hall–Kier alpha value is -1.10. The molecular formula is C14H23NO4. The maximum atomic E-state index is 12.4. The van der Waals surface area contributed by atoms with Crippen LogP contribution >= 0.6 is 0 Å². The molecule has 1 aliphatic carbocycles. The number of piperidine rings is 1. The van der Waals surface area contributed by atoms with Crippen LogP contribution in [0.5, 0.6) is 0 Å². The van der Waals surface area contributed by atoms with Gasteiger partial charge in [-0.25, -0.2) is 0 Å². The second-order valence-electron chi connectivity index (χ2n) is 6.63. The molecule has 19 heavy (non-hydrogen) atoms. The second-order valence-corrected chi connectivity index (χ2v) is 6.63. The third-order valence-corrected chi connectivity index (χ3v) is 4.57. The van der Waals surface area contributed by atoms with E-state index in [0.717, 1.165) is 12.8 Å². The Morgan fingerprint density at radius 2 is 2.05 bits per heavy atom. The van der Waals surface area contributed by atoms with E-state index in [1.165, 1.54) is 7.11 Å². The zero-order valence-electron chi connectivity index (χ0n) is 11.9. The summed E-state index contributed by atoms with van der Waals surface area (Å²) in [5.41, 5.74) is -0.844. The minimum atomic E-state index is -0.929. The number of hydrogen-bond donors (Lipinski definition) is 1. The highest BCUT2D eigenvalue weighted by molar-refractivity contribution is 5.84. The molecule has 2 fully saturated rings. The van der Waals surface area contributed by atoms with Gasteiger partial charge in [-0.2, -0.15) is 0 Å². The molecule has 1 amide bonds. The maximum absolute atomic E-state index is 12.4. The lowest BCUT2D eigenvalue weighted by atomic mass is 9.80. The van der Waals surface area contributed by atoms with Crippen molar-refractivity contribution in [1.29, 1.82) is 0 Å². The molecule has 1 N–H and O–H groups in total. The van der Waals surface area contributed by atoms with Crippen LogP contribution in [-0.2, 0) is 14.3 Å². The van der Waals surface area contributed by atoms with Crippen LogP contribution in [0.2, 0.25) is 0 Å². The first kappa shape index (κ1) is 14.3. The molecule has 0 bridgehead atoms. The van der Waals surface area contributed by atoms with Crippen molar-refractivity contribution in [2.24, 2.45) is 16.7 Å². The lowest BCUT2D eigenvalue weighted by molar-refractivity contribution is -0.159. The maximum Gasteiger partial charge on any atom is 0.313 e. The molecule has 1 heterocycles. The van der Waals surface area contributed by atoms with Gasteiger partial charge in [0.05, 0.1) is 6.61 Å². The Morgan fingerprint density at radius 1 is 1.42 bits per heavy atom. The van der Waals surface area contributed by atoms with Gasteiger partial charge in [-0.15, -0.1) is 0 Å². The Morgan fingerprint density at radius 3 is 2.53 bits per heavy atom. The van der Waals surface area contributed by atoms with E-state index in [0.29, 0.717) is 13.0 Å². The zero-order valence-corrected chi connectivity index (χ0v) is 11.9. The van der Waals surface area contributed by atoms with Crippen LogP contribution in [0.15, 0.2) is 0 Å². The SMILES string of the molecule is COCC1(C(=O)O)CCCN(C(=O)[C@H]2CC2(C)C)C1. The lowest BCUT2D eigenvalue weighted by Crippen LogP contribution is -2.52. The predicted molar refractivity (Wildman–Crippen MR) is 69.6 cm³/mol. The van der Waals surface area contributed by atoms with E-state index in [4.69, 9.17) is 4.74 Å². The summed E-state index contributed by atoms with van der Waals surface area (Å²) in [7, 11) is 1.51. The summed E-state index contributed by atoms with van der Waals surface area (Å²) in [6.45, 7) is 5.28. The minimum absolute atomic E-state index is 0.0691. The van der Waals surface area contributed by atoms with Crippen LogP contribution in [-0.4, -0.2) is 48.7 Å². The number of carbonyl (C=O) groups is 2. The molecule has 0 spiro atoms. The first-order valence-electron chi connectivity index (χ1n) is 6.83. The smallest absolute Gasteiger partial charge is 0.313 e. The van der Waals surface area contributed by atoms with Gasteiger partial charge in [0.25, 0.3) is 0 Å². The van der Waals surface area contributed by atoms with Crippen molar-refractivity contribution in [3.8, 4) is 0 Å². The van der Waals surface area contributed by atoms with E-state index < -0.39 is 11.4 Å². The monoisotopic (exact) mass is 269 g/mol.